The second-order valence-corrected chi connectivity index (χ2v) is 5.11. The van der Waals surface area contributed by atoms with Gasteiger partial charge in [0.25, 0.3) is 5.91 Å². The van der Waals surface area contributed by atoms with E-state index >= 15 is 0 Å². The number of benzene rings is 1. The zero-order chi connectivity index (χ0) is 14.0. The fraction of sp³-hybridized carbons (Fsp3) is 0.0769. The van der Waals surface area contributed by atoms with Crippen LogP contribution in [0.5, 0.6) is 0 Å². The molecule has 2 rings (SSSR count). The fourth-order valence-electron chi connectivity index (χ4n) is 1.58. The quantitative estimate of drug-likeness (QED) is 0.648. The van der Waals surface area contributed by atoms with Crippen molar-refractivity contribution in [1.82, 2.24) is 4.98 Å². The first-order valence-corrected chi connectivity index (χ1v) is 6.64. The number of amides is 1. The van der Waals surface area contributed by atoms with Crippen LogP contribution in [0.2, 0.25) is 5.15 Å². The van der Waals surface area contributed by atoms with Gasteiger partial charge in [-0.25, -0.2) is 4.98 Å². The molecule has 6 heteroatoms. The Balaban J connectivity index is 2.34. The molecule has 2 aromatic rings. The maximum Gasteiger partial charge on any atom is 0.256 e. The van der Waals surface area contributed by atoms with E-state index in [1.807, 2.05) is 6.92 Å². The first kappa shape index (κ1) is 13.8. The van der Waals surface area contributed by atoms with Crippen molar-refractivity contribution in [2.45, 2.75) is 6.92 Å². The van der Waals surface area contributed by atoms with Gasteiger partial charge in [-0.05, 0) is 46.6 Å². The summed E-state index contributed by atoms with van der Waals surface area (Å²) < 4.78 is 0.560. The SMILES string of the molecule is Cc1ccnc(Cl)c1NC(=O)c1cccc(N)c1Br. The van der Waals surface area contributed by atoms with Gasteiger partial charge >= 0.3 is 0 Å². The molecule has 3 N–H and O–H groups in total. The van der Waals surface area contributed by atoms with E-state index in [2.05, 4.69) is 26.2 Å². The lowest BCUT2D eigenvalue weighted by atomic mass is 10.1. The number of rotatable bonds is 2. The molecule has 1 heterocycles. The zero-order valence-electron chi connectivity index (χ0n) is 10.1. The minimum absolute atomic E-state index is 0.258. The summed E-state index contributed by atoms with van der Waals surface area (Å²) in [6.07, 6.45) is 1.59. The predicted molar refractivity (Wildman–Crippen MR) is 80.5 cm³/mol. The number of carbonyl (C=O) groups is 1. The Morgan fingerprint density at radius 2 is 2.16 bits per heavy atom. The summed E-state index contributed by atoms with van der Waals surface area (Å²) in [5.74, 6) is -0.294. The maximum atomic E-state index is 12.2. The summed E-state index contributed by atoms with van der Waals surface area (Å²) in [5, 5.41) is 3.00. The minimum Gasteiger partial charge on any atom is -0.398 e. The average Bonchev–Trinajstić information content (AvgIpc) is 2.37. The van der Waals surface area contributed by atoms with E-state index in [-0.39, 0.29) is 11.1 Å². The van der Waals surface area contributed by atoms with Gasteiger partial charge in [0.2, 0.25) is 0 Å². The normalized spacial score (nSPS) is 10.3. The van der Waals surface area contributed by atoms with Crippen LogP contribution in [-0.2, 0) is 0 Å². The van der Waals surface area contributed by atoms with Crippen molar-refractivity contribution in [2.24, 2.45) is 0 Å². The summed E-state index contributed by atoms with van der Waals surface area (Å²) in [7, 11) is 0. The summed E-state index contributed by atoms with van der Waals surface area (Å²) >= 11 is 9.27. The largest absolute Gasteiger partial charge is 0.398 e. The van der Waals surface area contributed by atoms with E-state index in [0.717, 1.165) is 5.56 Å². The monoisotopic (exact) mass is 339 g/mol. The molecule has 1 amide bonds. The summed E-state index contributed by atoms with van der Waals surface area (Å²) in [6.45, 7) is 1.84. The lowest BCUT2D eigenvalue weighted by molar-refractivity contribution is 0.102. The number of aromatic nitrogens is 1. The molecule has 1 aromatic heterocycles. The van der Waals surface area contributed by atoms with Gasteiger partial charge in [0.05, 0.1) is 15.7 Å². The molecule has 19 heavy (non-hydrogen) atoms. The van der Waals surface area contributed by atoms with E-state index in [1.165, 1.54) is 0 Å². The number of carbonyl (C=O) groups excluding carboxylic acids is 1. The first-order chi connectivity index (χ1) is 9.00. The molecule has 0 aliphatic heterocycles. The standard InChI is InChI=1S/C13H11BrClN3O/c1-7-5-6-17-12(15)11(7)18-13(19)8-3-2-4-9(16)10(8)14/h2-6H,16H2,1H3,(H,18,19). The average molecular weight is 341 g/mol. The molecule has 0 aliphatic rings. The van der Waals surface area contributed by atoms with E-state index in [4.69, 9.17) is 17.3 Å². The lowest BCUT2D eigenvalue weighted by Crippen LogP contribution is -2.14. The van der Waals surface area contributed by atoms with Crippen molar-refractivity contribution < 1.29 is 4.79 Å². The molecule has 4 nitrogen and oxygen atoms in total. The molecule has 0 radical (unpaired) electrons. The van der Waals surface area contributed by atoms with Gasteiger partial charge in [0.1, 0.15) is 0 Å². The molecule has 98 valence electrons. The van der Waals surface area contributed by atoms with Crippen LogP contribution < -0.4 is 11.1 Å². The second-order valence-electron chi connectivity index (χ2n) is 3.96. The van der Waals surface area contributed by atoms with Crippen molar-refractivity contribution in [2.75, 3.05) is 11.1 Å². The highest BCUT2D eigenvalue weighted by atomic mass is 79.9. The van der Waals surface area contributed by atoms with Crippen LogP contribution in [-0.4, -0.2) is 10.9 Å². The van der Waals surface area contributed by atoms with Gasteiger partial charge in [-0.15, -0.1) is 0 Å². The van der Waals surface area contributed by atoms with Crippen LogP contribution in [0.4, 0.5) is 11.4 Å². The molecule has 0 saturated heterocycles. The Morgan fingerprint density at radius 1 is 1.42 bits per heavy atom. The van der Waals surface area contributed by atoms with Gasteiger partial charge in [0.15, 0.2) is 5.15 Å². The Morgan fingerprint density at radius 3 is 2.84 bits per heavy atom. The van der Waals surface area contributed by atoms with E-state index in [0.29, 0.717) is 21.4 Å². The second kappa shape index (κ2) is 5.59. The van der Waals surface area contributed by atoms with Crippen LogP contribution in [0.15, 0.2) is 34.9 Å². The number of nitrogens with two attached hydrogens (primary N) is 1. The maximum absolute atomic E-state index is 12.2. The molecular weight excluding hydrogens is 330 g/mol. The minimum atomic E-state index is -0.294. The Kier molecular flexibility index (Phi) is 4.07. The topological polar surface area (TPSA) is 68.0 Å². The van der Waals surface area contributed by atoms with E-state index < -0.39 is 0 Å². The van der Waals surface area contributed by atoms with Crippen molar-refractivity contribution in [3.05, 3.63) is 51.2 Å². The van der Waals surface area contributed by atoms with Gasteiger partial charge in [0, 0.05) is 11.9 Å². The van der Waals surface area contributed by atoms with Crippen LogP contribution in [0.3, 0.4) is 0 Å². The highest BCUT2D eigenvalue weighted by Gasteiger charge is 2.14. The third kappa shape index (κ3) is 2.88. The lowest BCUT2D eigenvalue weighted by Gasteiger charge is -2.11. The number of hydrogen-bond donors (Lipinski definition) is 2. The number of anilines is 2. The highest BCUT2D eigenvalue weighted by Crippen LogP contribution is 2.27. The van der Waals surface area contributed by atoms with Crippen molar-refractivity contribution >= 4 is 44.8 Å². The molecule has 0 bridgehead atoms. The molecular formula is C13H11BrClN3O. The molecule has 0 spiro atoms. The molecule has 0 unspecified atom stereocenters. The third-order valence-corrected chi connectivity index (χ3v) is 3.80. The summed E-state index contributed by atoms with van der Waals surface area (Å²) in [5.41, 5.74) is 8.04. The fourth-order valence-corrected chi connectivity index (χ4v) is 2.28. The molecule has 1 aromatic carbocycles. The summed E-state index contributed by atoms with van der Waals surface area (Å²) in [4.78, 5) is 16.1. The number of nitrogens with zero attached hydrogens (tertiary/aromatic N) is 1. The Bertz CT molecular complexity index is 626. The number of nitrogen functional groups attached to an aromatic ring is 1. The van der Waals surface area contributed by atoms with Crippen LogP contribution >= 0.6 is 27.5 Å². The number of hydrogen-bond acceptors (Lipinski definition) is 3. The molecule has 0 aliphatic carbocycles. The first-order valence-electron chi connectivity index (χ1n) is 5.47. The number of nitrogens with one attached hydrogen (secondary N) is 1. The Labute approximate surface area is 124 Å². The predicted octanol–water partition coefficient (Wildman–Crippen LogP) is 3.64. The van der Waals surface area contributed by atoms with Crippen molar-refractivity contribution in [1.29, 1.82) is 0 Å². The van der Waals surface area contributed by atoms with E-state index in [1.54, 1.807) is 30.5 Å². The highest BCUT2D eigenvalue weighted by molar-refractivity contribution is 9.10. The van der Waals surface area contributed by atoms with E-state index in [9.17, 15) is 4.79 Å². The van der Waals surface area contributed by atoms with Crippen LogP contribution in [0, 0.1) is 6.92 Å². The van der Waals surface area contributed by atoms with Gasteiger partial charge in [-0.3, -0.25) is 4.79 Å². The summed E-state index contributed by atoms with van der Waals surface area (Å²) in [6, 6.07) is 6.88. The smallest absolute Gasteiger partial charge is 0.256 e. The van der Waals surface area contributed by atoms with Crippen molar-refractivity contribution in [3.8, 4) is 0 Å². The molecule has 0 atom stereocenters. The van der Waals surface area contributed by atoms with Crippen molar-refractivity contribution in [3.63, 3.8) is 0 Å². The number of halogens is 2. The van der Waals surface area contributed by atoms with Gasteiger partial charge < -0.3 is 11.1 Å². The zero-order valence-corrected chi connectivity index (χ0v) is 12.4. The Hall–Kier alpha value is -1.59. The van der Waals surface area contributed by atoms with Crippen LogP contribution in [0.1, 0.15) is 15.9 Å². The number of aryl methyl sites for hydroxylation is 1. The van der Waals surface area contributed by atoms with Gasteiger partial charge in [-0.2, -0.15) is 0 Å². The van der Waals surface area contributed by atoms with Gasteiger partial charge in [-0.1, -0.05) is 17.7 Å². The third-order valence-electron chi connectivity index (χ3n) is 2.62. The van der Waals surface area contributed by atoms with Crippen LogP contribution in [0.25, 0.3) is 0 Å². The number of pyridine rings is 1. The molecule has 0 saturated carbocycles. The molecule has 0 fully saturated rings.